The van der Waals surface area contributed by atoms with Crippen LogP contribution in [-0.4, -0.2) is 98.7 Å². The summed E-state index contributed by atoms with van der Waals surface area (Å²) in [5.41, 5.74) is 1.73. The molecule has 3 heterocycles. The van der Waals surface area contributed by atoms with Gasteiger partial charge in [0.2, 0.25) is 10.0 Å². The SMILES string of the molecule is CCCOc1ccc(S(=O)(=O)N2CCN(C)CC2)cc1C1=NC(=O)C2C(=N1)C(CCC)=NN2C. The van der Waals surface area contributed by atoms with Gasteiger partial charge in [0, 0.05) is 33.2 Å². The van der Waals surface area contributed by atoms with E-state index in [0.717, 1.165) is 18.6 Å². The average molecular weight is 489 g/mol. The fourth-order valence-electron chi connectivity index (χ4n) is 4.24. The quantitative estimate of drug-likeness (QED) is 0.550. The van der Waals surface area contributed by atoms with Gasteiger partial charge in [-0.15, -0.1) is 0 Å². The van der Waals surface area contributed by atoms with Crippen molar-refractivity contribution in [1.29, 1.82) is 0 Å². The van der Waals surface area contributed by atoms with Crippen molar-refractivity contribution in [3.63, 3.8) is 0 Å². The van der Waals surface area contributed by atoms with Crippen LogP contribution in [0.1, 0.15) is 38.7 Å². The van der Waals surface area contributed by atoms with Crippen LogP contribution in [0.5, 0.6) is 5.75 Å². The van der Waals surface area contributed by atoms with Crippen LogP contribution >= 0.6 is 0 Å². The van der Waals surface area contributed by atoms with Crippen molar-refractivity contribution < 1.29 is 17.9 Å². The first-order valence-electron chi connectivity index (χ1n) is 11.7. The molecule has 1 aromatic rings. The van der Waals surface area contributed by atoms with Gasteiger partial charge >= 0.3 is 0 Å². The molecule has 0 radical (unpaired) electrons. The Hall–Kier alpha value is -2.63. The number of aliphatic imine (C=N–C) groups is 2. The van der Waals surface area contributed by atoms with Gasteiger partial charge in [-0.2, -0.15) is 14.4 Å². The molecule has 10 nitrogen and oxygen atoms in total. The van der Waals surface area contributed by atoms with E-state index in [0.29, 0.717) is 56.2 Å². The van der Waals surface area contributed by atoms with E-state index < -0.39 is 16.1 Å². The number of benzene rings is 1. The van der Waals surface area contributed by atoms with Crippen LogP contribution < -0.4 is 4.74 Å². The predicted molar refractivity (Wildman–Crippen MR) is 131 cm³/mol. The monoisotopic (exact) mass is 488 g/mol. The third kappa shape index (κ3) is 4.64. The molecular formula is C23H32N6O4S. The van der Waals surface area contributed by atoms with E-state index in [1.807, 2.05) is 20.9 Å². The third-order valence-corrected chi connectivity index (χ3v) is 8.02. The number of nitrogens with zero attached hydrogens (tertiary/aromatic N) is 6. The largest absolute Gasteiger partial charge is 0.493 e. The van der Waals surface area contributed by atoms with Crippen LogP contribution in [-0.2, 0) is 14.8 Å². The van der Waals surface area contributed by atoms with Gasteiger partial charge in [0.05, 0.1) is 22.8 Å². The maximum absolute atomic E-state index is 13.4. The van der Waals surface area contributed by atoms with Crippen LogP contribution in [0.2, 0.25) is 0 Å². The molecule has 1 amide bonds. The van der Waals surface area contributed by atoms with E-state index >= 15 is 0 Å². The minimum Gasteiger partial charge on any atom is -0.493 e. The fraction of sp³-hybridized carbons (Fsp3) is 0.565. The molecule has 11 heteroatoms. The number of sulfonamides is 1. The second-order valence-electron chi connectivity index (χ2n) is 8.76. The molecule has 1 fully saturated rings. The summed E-state index contributed by atoms with van der Waals surface area (Å²) < 4.78 is 34.1. The molecular weight excluding hydrogens is 456 g/mol. The Morgan fingerprint density at radius 1 is 1.06 bits per heavy atom. The van der Waals surface area contributed by atoms with Gasteiger partial charge in [-0.25, -0.2) is 13.4 Å². The Morgan fingerprint density at radius 3 is 2.47 bits per heavy atom. The zero-order valence-corrected chi connectivity index (χ0v) is 21.0. The number of hydrogen-bond donors (Lipinski definition) is 0. The Balaban J connectivity index is 1.75. The number of piperazine rings is 1. The highest BCUT2D eigenvalue weighted by atomic mass is 32.2. The highest BCUT2D eigenvalue weighted by molar-refractivity contribution is 7.89. The number of ether oxygens (including phenoxy) is 1. The Bertz CT molecular complexity index is 1150. The zero-order chi connectivity index (χ0) is 24.5. The first-order chi connectivity index (χ1) is 16.3. The van der Waals surface area contributed by atoms with Gasteiger partial charge in [-0.1, -0.05) is 20.3 Å². The molecule has 1 saturated heterocycles. The average Bonchev–Trinajstić information content (AvgIpc) is 3.13. The van der Waals surface area contributed by atoms with Crippen molar-refractivity contribution in [3.8, 4) is 5.75 Å². The Morgan fingerprint density at radius 2 is 1.79 bits per heavy atom. The molecule has 0 saturated carbocycles. The summed E-state index contributed by atoms with van der Waals surface area (Å²) in [6, 6.07) is 4.08. The summed E-state index contributed by atoms with van der Waals surface area (Å²) in [5.74, 6) is 0.247. The number of amides is 1. The number of fused-ring (bicyclic) bond motifs is 1. The molecule has 1 atom stereocenters. The molecule has 34 heavy (non-hydrogen) atoms. The molecule has 0 aromatic heterocycles. The molecule has 3 aliphatic heterocycles. The van der Waals surface area contributed by atoms with Gasteiger partial charge in [0.1, 0.15) is 11.5 Å². The van der Waals surface area contributed by atoms with Gasteiger partial charge in [0.25, 0.3) is 5.91 Å². The van der Waals surface area contributed by atoms with Crippen molar-refractivity contribution in [2.75, 3.05) is 46.9 Å². The molecule has 1 unspecified atom stereocenters. The molecule has 4 rings (SSSR count). The summed E-state index contributed by atoms with van der Waals surface area (Å²) in [6.07, 6.45) is 2.33. The fourth-order valence-corrected chi connectivity index (χ4v) is 5.69. The minimum atomic E-state index is -3.71. The lowest BCUT2D eigenvalue weighted by atomic mass is 10.0. The van der Waals surface area contributed by atoms with Crippen LogP contribution in [0.25, 0.3) is 0 Å². The number of carbonyl (C=O) groups is 1. The van der Waals surface area contributed by atoms with E-state index in [1.165, 1.54) is 10.4 Å². The van der Waals surface area contributed by atoms with Crippen molar-refractivity contribution >= 4 is 33.2 Å². The molecule has 0 N–H and O–H groups in total. The summed E-state index contributed by atoms with van der Waals surface area (Å²) in [6.45, 7) is 6.67. The van der Waals surface area contributed by atoms with Gasteiger partial charge in [-0.3, -0.25) is 9.80 Å². The van der Waals surface area contributed by atoms with Crippen molar-refractivity contribution in [2.45, 2.75) is 44.0 Å². The summed E-state index contributed by atoms with van der Waals surface area (Å²) in [7, 11) is -0.000588. The third-order valence-electron chi connectivity index (χ3n) is 6.12. The van der Waals surface area contributed by atoms with Gasteiger partial charge < -0.3 is 9.64 Å². The second kappa shape index (κ2) is 9.93. The second-order valence-corrected chi connectivity index (χ2v) is 10.7. The molecule has 184 valence electrons. The Kier molecular flexibility index (Phi) is 7.15. The standard InChI is InChI=1S/C23H32N6O4S/c1-5-7-18-20-21(28(4)26-18)23(30)25-22(24-20)17-15-16(8-9-19(17)33-14-6-2)34(31,32)29-12-10-27(3)11-13-29/h8-9,15,21H,5-7,10-14H2,1-4H3. The van der Waals surface area contributed by atoms with Gasteiger partial charge in [-0.05, 0) is 38.1 Å². The first-order valence-corrected chi connectivity index (χ1v) is 13.2. The van der Waals surface area contributed by atoms with Crippen LogP contribution in [0.15, 0.2) is 38.2 Å². The Labute approximate surface area is 201 Å². The highest BCUT2D eigenvalue weighted by Crippen LogP contribution is 2.29. The van der Waals surface area contributed by atoms with Crippen LogP contribution in [0, 0.1) is 0 Å². The minimum absolute atomic E-state index is 0.138. The van der Waals surface area contributed by atoms with E-state index in [-0.39, 0.29) is 16.6 Å². The van der Waals surface area contributed by atoms with E-state index in [4.69, 9.17) is 9.73 Å². The lowest BCUT2D eigenvalue weighted by Gasteiger charge is -2.31. The lowest BCUT2D eigenvalue weighted by molar-refractivity contribution is -0.120. The van der Waals surface area contributed by atoms with E-state index in [1.54, 1.807) is 24.2 Å². The maximum Gasteiger partial charge on any atom is 0.278 e. The summed E-state index contributed by atoms with van der Waals surface area (Å²) >= 11 is 0. The number of carbonyl (C=O) groups excluding carboxylic acids is 1. The normalized spacial score (nSPS) is 21.8. The molecule has 0 aliphatic carbocycles. The van der Waals surface area contributed by atoms with Crippen LogP contribution in [0.3, 0.4) is 0 Å². The van der Waals surface area contributed by atoms with Crippen molar-refractivity contribution in [2.24, 2.45) is 15.1 Å². The first kappa shape index (κ1) is 24.5. The summed E-state index contributed by atoms with van der Waals surface area (Å²) in [5, 5.41) is 6.08. The number of likely N-dealkylation sites (N-methyl/N-ethyl adjacent to an activating group) is 2. The van der Waals surface area contributed by atoms with Crippen molar-refractivity contribution in [1.82, 2.24) is 14.2 Å². The smallest absolute Gasteiger partial charge is 0.278 e. The number of rotatable bonds is 8. The highest BCUT2D eigenvalue weighted by Gasteiger charge is 2.40. The molecule has 0 bridgehead atoms. The van der Waals surface area contributed by atoms with E-state index in [9.17, 15) is 13.2 Å². The zero-order valence-electron chi connectivity index (χ0n) is 20.2. The molecule has 0 spiro atoms. The van der Waals surface area contributed by atoms with E-state index in [2.05, 4.69) is 15.0 Å². The van der Waals surface area contributed by atoms with Crippen LogP contribution in [0.4, 0.5) is 0 Å². The summed E-state index contributed by atoms with van der Waals surface area (Å²) in [4.78, 5) is 24.1. The number of hydrazone groups is 1. The van der Waals surface area contributed by atoms with Gasteiger partial charge in [0.15, 0.2) is 11.9 Å². The predicted octanol–water partition coefficient (Wildman–Crippen LogP) is 1.61. The lowest BCUT2D eigenvalue weighted by Crippen LogP contribution is -2.47. The number of hydrogen-bond acceptors (Lipinski definition) is 8. The molecule has 3 aliphatic rings. The maximum atomic E-state index is 13.4. The van der Waals surface area contributed by atoms with Crippen molar-refractivity contribution in [3.05, 3.63) is 23.8 Å². The number of amidine groups is 1. The molecule has 1 aromatic carbocycles. The topological polar surface area (TPSA) is 107 Å².